The predicted octanol–water partition coefficient (Wildman–Crippen LogP) is 2.78. The molecule has 1 aliphatic carbocycles. The van der Waals surface area contributed by atoms with Crippen molar-refractivity contribution in [1.29, 1.82) is 0 Å². The third-order valence-corrected chi connectivity index (χ3v) is 2.10. The van der Waals surface area contributed by atoms with E-state index >= 15 is 0 Å². The molecule has 9 heavy (non-hydrogen) atoms. The molecule has 0 aromatic heterocycles. The van der Waals surface area contributed by atoms with Crippen LogP contribution in [0.3, 0.4) is 0 Å². The lowest BCUT2D eigenvalue weighted by molar-refractivity contribution is 1.75. The molecule has 0 nitrogen and oxygen atoms in total. The molecule has 1 aromatic carbocycles. The minimum Gasteiger partial charge on any atom is -0.0827 e. The Bertz CT molecular complexity index is 262. The summed E-state index contributed by atoms with van der Waals surface area (Å²) >= 11 is 11.4. The van der Waals surface area contributed by atoms with Gasteiger partial charge in [0.25, 0.3) is 0 Å². The second kappa shape index (κ2) is 1.65. The summed E-state index contributed by atoms with van der Waals surface area (Å²) in [7, 11) is 0. The highest BCUT2D eigenvalue weighted by Gasteiger charge is 2.22. The SMILES string of the molecule is Clc1ccc2c(c1Cl)[C]2. The molecule has 0 fully saturated rings. The molecule has 2 rings (SSSR count). The van der Waals surface area contributed by atoms with Crippen LogP contribution in [0.1, 0.15) is 11.1 Å². The molecular weight excluding hydrogens is 155 g/mol. The number of rotatable bonds is 0. The molecule has 0 amide bonds. The van der Waals surface area contributed by atoms with Crippen LogP contribution in [-0.2, 0) is 0 Å². The summed E-state index contributed by atoms with van der Waals surface area (Å²) in [5.41, 5.74) is 2.06. The van der Waals surface area contributed by atoms with E-state index in [1.165, 1.54) is 0 Å². The van der Waals surface area contributed by atoms with E-state index in [9.17, 15) is 0 Å². The van der Waals surface area contributed by atoms with Crippen LogP contribution < -0.4 is 0 Å². The fraction of sp³-hybridized carbons (Fsp3) is 0. The molecule has 0 aliphatic heterocycles. The molecule has 0 saturated carbocycles. The van der Waals surface area contributed by atoms with Crippen molar-refractivity contribution in [2.24, 2.45) is 0 Å². The van der Waals surface area contributed by atoms with Crippen molar-refractivity contribution in [3.05, 3.63) is 39.7 Å². The van der Waals surface area contributed by atoms with Crippen molar-refractivity contribution in [2.45, 2.75) is 0 Å². The minimum absolute atomic E-state index is 0.611. The molecule has 0 bridgehead atoms. The Hall–Kier alpha value is -0.200. The maximum absolute atomic E-state index is 5.74. The van der Waals surface area contributed by atoms with Crippen molar-refractivity contribution in [3.63, 3.8) is 0 Å². The highest BCUT2D eigenvalue weighted by Crippen LogP contribution is 2.40. The van der Waals surface area contributed by atoms with E-state index in [1.54, 1.807) is 6.07 Å². The summed E-state index contributed by atoms with van der Waals surface area (Å²) in [6, 6.07) is 3.69. The van der Waals surface area contributed by atoms with E-state index in [0.29, 0.717) is 10.0 Å². The van der Waals surface area contributed by atoms with Gasteiger partial charge in [-0.15, -0.1) is 0 Å². The van der Waals surface area contributed by atoms with Crippen LogP contribution >= 0.6 is 23.2 Å². The molecule has 44 valence electrons. The first-order chi connectivity index (χ1) is 4.29. The van der Waals surface area contributed by atoms with E-state index in [-0.39, 0.29) is 0 Å². The van der Waals surface area contributed by atoms with Crippen LogP contribution in [0.25, 0.3) is 0 Å². The quantitative estimate of drug-likeness (QED) is 0.551. The number of halogens is 2. The van der Waals surface area contributed by atoms with Crippen LogP contribution in [0.2, 0.25) is 10.0 Å². The van der Waals surface area contributed by atoms with E-state index in [1.807, 2.05) is 6.07 Å². The lowest BCUT2D eigenvalue weighted by Gasteiger charge is -1.88. The lowest BCUT2D eigenvalue weighted by Crippen LogP contribution is -1.63. The van der Waals surface area contributed by atoms with Crippen molar-refractivity contribution < 1.29 is 0 Å². The molecule has 0 heterocycles. The molecule has 2 radical (unpaired) electrons. The van der Waals surface area contributed by atoms with Gasteiger partial charge >= 0.3 is 0 Å². The van der Waals surface area contributed by atoms with Gasteiger partial charge in [-0.05, 0) is 17.2 Å². The summed E-state index contributed by atoms with van der Waals surface area (Å²) in [6.45, 7) is 0. The number of hydrogen-bond acceptors (Lipinski definition) is 0. The molecule has 0 unspecified atom stereocenters. The lowest BCUT2D eigenvalue weighted by atomic mass is 10.4. The van der Waals surface area contributed by atoms with Crippen LogP contribution in [0.4, 0.5) is 0 Å². The zero-order valence-electron chi connectivity index (χ0n) is 4.41. The Labute approximate surface area is 63.4 Å². The monoisotopic (exact) mass is 156 g/mol. The van der Waals surface area contributed by atoms with Crippen molar-refractivity contribution in [2.75, 3.05) is 0 Å². The van der Waals surface area contributed by atoms with Crippen LogP contribution in [-0.4, -0.2) is 0 Å². The second-order valence-corrected chi connectivity index (χ2v) is 2.69. The van der Waals surface area contributed by atoms with Crippen LogP contribution in [0, 0.1) is 6.42 Å². The van der Waals surface area contributed by atoms with Crippen molar-refractivity contribution >= 4 is 23.2 Å². The number of hydrogen-bond donors (Lipinski definition) is 0. The molecule has 0 spiro atoms. The summed E-state index contributed by atoms with van der Waals surface area (Å²) < 4.78 is 0. The average Bonchev–Trinajstić information content (AvgIpc) is 2.58. The topological polar surface area (TPSA) is 0 Å². The first kappa shape index (κ1) is 5.57. The van der Waals surface area contributed by atoms with E-state index in [4.69, 9.17) is 23.2 Å². The minimum atomic E-state index is 0.611. The smallest absolute Gasteiger partial charge is 0.0637 e. The van der Waals surface area contributed by atoms with Crippen molar-refractivity contribution in [1.82, 2.24) is 0 Å². The van der Waals surface area contributed by atoms with Gasteiger partial charge in [0.15, 0.2) is 0 Å². The highest BCUT2D eigenvalue weighted by atomic mass is 35.5. The van der Waals surface area contributed by atoms with Gasteiger partial charge < -0.3 is 0 Å². The van der Waals surface area contributed by atoms with Crippen molar-refractivity contribution in [3.8, 4) is 0 Å². The predicted molar refractivity (Wildman–Crippen MR) is 37.9 cm³/mol. The van der Waals surface area contributed by atoms with E-state index < -0.39 is 0 Å². The molecule has 0 saturated heterocycles. The zero-order valence-corrected chi connectivity index (χ0v) is 5.92. The van der Waals surface area contributed by atoms with Crippen LogP contribution in [0.15, 0.2) is 12.1 Å². The largest absolute Gasteiger partial charge is 0.0827 e. The second-order valence-electron chi connectivity index (χ2n) is 1.91. The Morgan fingerprint density at radius 2 is 2.00 bits per heavy atom. The third kappa shape index (κ3) is 0.742. The van der Waals surface area contributed by atoms with E-state index in [0.717, 1.165) is 11.1 Å². The van der Waals surface area contributed by atoms with Gasteiger partial charge in [0.1, 0.15) is 0 Å². The first-order valence-corrected chi connectivity index (χ1v) is 3.29. The number of fused-ring (bicyclic) bond motifs is 1. The summed E-state index contributed by atoms with van der Waals surface area (Å²) in [6.07, 6.45) is 2.98. The molecule has 1 aromatic rings. The van der Waals surface area contributed by atoms with Gasteiger partial charge in [-0.1, -0.05) is 29.3 Å². The Morgan fingerprint density at radius 3 is 2.67 bits per heavy atom. The Morgan fingerprint density at radius 1 is 1.22 bits per heavy atom. The van der Waals surface area contributed by atoms with Gasteiger partial charge in [0, 0.05) is 0 Å². The van der Waals surface area contributed by atoms with Gasteiger partial charge in [0.05, 0.1) is 16.5 Å². The third-order valence-electron chi connectivity index (χ3n) is 1.29. The van der Waals surface area contributed by atoms with E-state index in [2.05, 4.69) is 6.42 Å². The molecule has 1 aliphatic rings. The maximum Gasteiger partial charge on any atom is 0.0637 e. The summed E-state index contributed by atoms with van der Waals surface area (Å²) in [4.78, 5) is 0. The molecule has 0 atom stereocenters. The Balaban J connectivity index is 2.70. The fourth-order valence-corrected chi connectivity index (χ4v) is 1.12. The van der Waals surface area contributed by atoms with Gasteiger partial charge in [-0.25, -0.2) is 0 Å². The standard InChI is InChI=1S/C7H2Cl2/c8-6-2-1-4-3-5(4)7(6)9/h1-2H. The first-order valence-electron chi connectivity index (χ1n) is 2.54. The van der Waals surface area contributed by atoms with Gasteiger partial charge in [-0.2, -0.15) is 0 Å². The molecule has 2 heteroatoms. The number of benzene rings is 1. The van der Waals surface area contributed by atoms with Gasteiger partial charge in [-0.3, -0.25) is 0 Å². The highest BCUT2D eigenvalue weighted by molar-refractivity contribution is 6.43. The molecule has 0 N–H and O–H groups in total. The molecular formula is C7H2Cl2. The summed E-state index contributed by atoms with van der Waals surface area (Å²) in [5.74, 6) is 0. The Kier molecular flexibility index (Phi) is 1.02. The summed E-state index contributed by atoms with van der Waals surface area (Å²) in [5, 5.41) is 1.24. The fourth-order valence-electron chi connectivity index (χ4n) is 0.751. The zero-order chi connectivity index (χ0) is 6.43. The van der Waals surface area contributed by atoms with Crippen LogP contribution in [0.5, 0.6) is 0 Å². The average molecular weight is 157 g/mol. The maximum atomic E-state index is 5.74. The van der Waals surface area contributed by atoms with Gasteiger partial charge in [0.2, 0.25) is 0 Å². The normalized spacial score (nSPS) is 13.1.